The molecule has 0 bridgehead atoms. The highest BCUT2D eigenvalue weighted by Crippen LogP contribution is 2.34. The highest BCUT2D eigenvalue weighted by Gasteiger charge is 2.50. The molecule has 248 valence electrons. The van der Waals surface area contributed by atoms with Crippen molar-refractivity contribution in [2.45, 2.75) is 160 Å². The zero-order valence-electron chi connectivity index (χ0n) is 27.0. The summed E-state index contributed by atoms with van der Waals surface area (Å²) in [5, 5.41) is 49.6. The lowest BCUT2D eigenvalue weighted by molar-refractivity contribution is -0.125. The number of Topliss-reactive ketones (excluding diaryl/α,β-unsaturated/α-hetero) is 1. The Kier molecular flexibility index (Phi) is 18.4. The number of nitrogens with zero attached hydrogens (tertiary/aromatic N) is 1. The Morgan fingerprint density at radius 3 is 2.14 bits per heavy atom. The first kappa shape index (κ1) is 37.4. The second-order valence-corrected chi connectivity index (χ2v) is 13.3. The number of hydrogen-bond donors (Lipinski definition) is 5. The van der Waals surface area contributed by atoms with Crippen LogP contribution in [0.25, 0.3) is 0 Å². The Balaban J connectivity index is 1.45. The number of aliphatic hydroxyl groups is 5. The molecule has 2 saturated heterocycles. The maximum Gasteiger partial charge on any atom is 0.261 e. The SMILES string of the molecule is C[C@H](CCCCCCC/C=C/C[C@H](O)CCC[C@H](O)CCCCCCCO)C[C@H](C)/C(O)=C1\C(=O)[C@@H]2C[C@@H](O)CN2C1=O. The number of carbonyl (C=O) groups excluding carboxylic acids is 2. The normalized spacial score (nSPS) is 22.8. The zero-order valence-corrected chi connectivity index (χ0v) is 27.0. The fourth-order valence-electron chi connectivity index (χ4n) is 6.55. The Hall–Kier alpha value is -1.74. The largest absolute Gasteiger partial charge is 0.511 e. The van der Waals surface area contributed by atoms with E-state index < -0.39 is 18.1 Å². The zero-order chi connectivity index (χ0) is 31.6. The molecule has 43 heavy (non-hydrogen) atoms. The minimum Gasteiger partial charge on any atom is -0.511 e. The molecular weight excluding hydrogens is 546 g/mol. The van der Waals surface area contributed by atoms with Crippen molar-refractivity contribution in [2.75, 3.05) is 13.2 Å². The molecule has 0 aromatic carbocycles. The molecule has 6 atom stereocenters. The lowest BCUT2D eigenvalue weighted by Crippen LogP contribution is -2.29. The predicted molar refractivity (Wildman–Crippen MR) is 170 cm³/mol. The van der Waals surface area contributed by atoms with Gasteiger partial charge in [0.1, 0.15) is 11.3 Å². The van der Waals surface area contributed by atoms with Gasteiger partial charge in [0, 0.05) is 25.5 Å². The summed E-state index contributed by atoms with van der Waals surface area (Å²) in [5.74, 6) is -0.725. The second-order valence-electron chi connectivity index (χ2n) is 13.3. The summed E-state index contributed by atoms with van der Waals surface area (Å²) < 4.78 is 0. The fraction of sp³-hybridized carbons (Fsp3) is 0.829. The third-order valence-electron chi connectivity index (χ3n) is 9.19. The van der Waals surface area contributed by atoms with Crippen LogP contribution in [0.15, 0.2) is 23.5 Å². The molecule has 0 radical (unpaired) electrons. The molecule has 0 spiro atoms. The summed E-state index contributed by atoms with van der Waals surface area (Å²) in [6.07, 6.45) is 20.9. The van der Waals surface area contributed by atoms with Crippen LogP contribution >= 0.6 is 0 Å². The molecule has 2 aliphatic heterocycles. The van der Waals surface area contributed by atoms with Crippen LogP contribution in [0, 0.1) is 11.8 Å². The van der Waals surface area contributed by atoms with Crippen molar-refractivity contribution in [1.29, 1.82) is 0 Å². The minimum atomic E-state index is -0.661. The van der Waals surface area contributed by atoms with Crippen molar-refractivity contribution in [3.63, 3.8) is 0 Å². The monoisotopic (exact) mass is 607 g/mol. The van der Waals surface area contributed by atoms with E-state index in [9.17, 15) is 30.0 Å². The number of aliphatic hydroxyl groups excluding tert-OH is 5. The number of rotatable bonds is 24. The quantitative estimate of drug-likeness (QED) is 0.0302. The number of allylic oxidation sites excluding steroid dienone is 2. The summed E-state index contributed by atoms with van der Waals surface area (Å²) in [7, 11) is 0. The van der Waals surface area contributed by atoms with E-state index in [0.29, 0.717) is 12.3 Å². The first-order valence-corrected chi connectivity index (χ1v) is 17.2. The van der Waals surface area contributed by atoms with Crippen LogP contribution in [0.4, 0.5) is 0 Å². The van der Waals surface area contributed by atoms with Gasteiger partial charge in [-0.1, -0.05) is 83.8 Å². The van der Waals surface area contributed by atoms with Crippen molar-refractivity contribution in [3.05, 3.63) is 23.5 Å². The number of fused-ring (bicyclic) bond motifs is 1. The van der Waals surface area contributed by atoms with Gasteiger partial charge in [-0.25, -0.2) is 0 Å². The van der Waals surface area contributed by atoms with Crippen LogP contribution < -0.4 is 0 Å². The van der Waals surface area contributed by atoms with E-state index in [-0.39, 0.29) is 54.8 Å². The number of unbranched alkanes of at least 4 members (excludes halogenated alkanes) is 9. The predicted octanol–water partition coefficient (Wildman–Crippen LogP) is 5.91. The Labute approximate surface area is 260 Å². The van der Waals surface area contributed by atoms with E-state index in [0.717, 1.165) is 89.9 Å². The molecule has 1 amide bonds. The van der Waals surface area contributed by atoms with Gasteiger partial charge in [0.2, 0.25) is 0 Å². The number of ketones is 1. The van der Waals surface area contributed by atoms with E-state index in [1.807, 2.05) is 6.92 Å². The molecule has 0 aliphatic carbocycles. The lowest BCUT2D eigenvalue weighted by atomic mass is 9.89. The van der Waals surface area contributed by atoms with Crippen molar-refractivity contribution >= 4 is 11.7 Å². The Morgan fingerprint density at radius 2 is 1.44 bits per heavy atom. The smallest absolute Gasteiger partial charge is 0.261 e. The van der Waals surface area contributed by atoms with Gasteiger partial charge in [-0.15, -0.1) is 0 Å². The summed E-state index contributed by atoms with van der Waals surface area (Å²) in [6.45, 7) is 4.47. The average molecular weight is 608 g/mol. The van der Waals surface area contributed by atoms with Crippen LogP contribution in [0.3, 0.4) is 0 Å². The van der Waals surface area contributed by atoms with Gasteiger partial charge in [0.05, 0.1) is 24.4 Å². The van der Waals surface area contributed by atoms with Crippen LogP contribution in [0.5, 0.6) is 0 Å². The van der Waals surface area contributed by atoms with E-state index in [1.54, 1.807) is 0 Å². The van der Waals surface area contributed by atoms with Crippen molar-refractivity contribution in [3.8, 4) is 0 Å². The van der Waals surface area contributed by atoms with Crippen molar-refractivity contribution in [2.24, 2.45) is 11.8 Å². The third-order valence-corrected chi connectivity index (χ3v) is 9.19. The van der Waals surface area contributed by atoms with E-state index in [2.05, 4.69) is 19.1 Å². The summed E-state index contributed by atoms with van der Waals surface area (Å²) in [5.41, 5.74) is -0.0661. The highest BCUT2D eigenvalue weighted by atomic mass is 16.3. The molecule has 0 unspecified atom stereocenters. The van der Waals surface area contributed by atoms with Gasteiger partial charge in [-0.3, -0.25) is 9.59 Å². The van der Waals surface area contributed by atoms with Gasteiger partial charge in [-0.05, 0) is 63.7 Å². The number of carbonyl (C=O) groups is 2. The lowest BCUT2D eigenvalue weighted by Gasteiger charge is -2.18. The molecule has 2 rings (SSSR count). The number of hydrogen-bond acceptors (Lipinski definition) is 7. The maximum atomic E-state index is 12.7. The first-order chi connectivity index (χ1) is 20.6. The van der Waals surface area contributed by atoms with Gasteiger partial charge < -0.3 is 30.4 Å². The average Bonchev–Trinajstić information content (AvgIpc) is 3.46. The van der Waals surface area contributed by atoms with E-state index >= 15 is 0 Å². The molecule has 8 nitrogen and oxygen atoms in total. The van der Waals surface area contributed by atoms with Gasteiger partial charge in [0.25, 0.3) is 5.91 Å². The third kappa shape index (κ3) is 13.8. The summed E-state index contributed by atoms with van der Waals surface area (Å²) in [4.78, 5) is 26.7. The molecular formula is C35H61NO7. The highest BCUT2D eigenvalue weighted by molar-refractivity contribution is 6.27. The molecule has 8 heteroatoms. The van der Waals surface area contributed by atoms with Crippen LogP contribution in [-0.4, -0.2) is 79.6 Å². The fourth-order valence-corrected chi connectivity index (χ4v) is 6.55. The summed E-state index contributed by atoms with van der Waals surface area (Å²) >= 11 is 0. The van der Waals surface area contributed by atoms with Crippen molar-refractivity contribution in [1.82, 2.24) is 4.90 Å². The Bertz CT molecular complexity index is 846. The number of amides is 1. The van der Waals surface area contributed by atoms with Crippen LogP contribution in [-0.2, 0) is 9.59 Å². The molecule has 5 N–H and O–H groups in total. The van der Waals surface area contributed by atoms with Crippen LogP contribution in [0.2, 0.25) is 0 Å². The topological polar surface area (TPSA) is 139 Å². The van der Waals surface area contributed by atoms with E-state index in [1.165, 1.54) is 24.2 Å². The first-order valence-electron chi connectivity index (χ1n) is 17.2. The molecule has 2 fully saturated rings. The Morgan fingerprint density at radius 1 is 0.837 bits per heavy atom. The minimum absolute atomic E-state index is 0.0661. The molecule has 2 heterocycles. The standard InChI is InChI=1S/C35H61NO7/c1-26(23-27(2)33(41)32-34(42)31-24-30(40)25-36(31)35(32)43)17-12-8-5-3-4-6-9-13-18-28(38)20-16-21-29(39)19-14-10-7-11-15-22-37/h9,13,26-31,37-41H,3-8,10-12,14-25H2,1-2H3/b13-9+,33-32-/t26-,27+,28+,29-,30-,31+/m1/s1. The maximum absolute atomic E-state index is 12.7. The van der Waals surface area contributed by atoms with Crippen LogP contribution in [0.1, 0.15) is 136 Å². The summed E-state index contributed by atoms with van der Waals surface area (Å²) in [6, 6.07) is -0.614. The van der Waals surface area contributed by atoms with E-state index in [4.69, 9.17) is 5.11 Å². The molecule has 0 aromatic heterocycles. The molecule has 0 saturated carbocycles. The van der Waals surface area contributed by atoms with Crippen molar-refractivity contribution < 1.29 is 35.1 Å². The molecule has 2 aliphatic rings. The van der Waals surface area contributed by atoms with Gasteiger partial charge in [-0.2, -0.15) is 0 Å². The van der Waals surface area contributed by atoms with Gasteiger partial charge >= 0.3 is 0 Å². The second kappa shape index (κ2) is 21.1. The molecule has 0 aromatic rings. The van der Waals surface area contributed by atoms with Gasteiger partial charge in [0.15, 0.2) is 5.78 Å².